The minimum Gasteiger partial charge on any atom is -0.507 e. The van der Waals surface area contributed by atoms with Gasteiger partial charge in [-0.25, -0.2) is 8.42 Å². The van der Waals surface area contributed by atoms with Gasteiger partial charge in [-0.2, -0.15) is 15.2 Å². The number of likely N-dealkylation sites (N-methyl/N-ethyl adjacent to an activating group) is 1. The number of hydrogen-bond acceptors (Lipinski definition) is 25. The van der Waals surface area contributed by atoms with Gasteiger partial charge in [0, 0.05) is 112 Å². The number of para-hydroxylation sites is 5. The highest BCUT2D eigenvalue weighted by molar-refractivity contribution is 7.92. The molecule has 144 heavy (non-hydrogen) atoms. The molecule has 0 spiro atoms. The van der Waals surface area contributed by atoms with Crippen LogP contribution in [-0.2, 0) is 65.0 Å². The van der Waals surface area contributed by atoms with Gasteiger partial charge in [-0.1, -0.05) is 213 Å². The second-order valence-corrected chi connectivity index (χ2v) is 44.9. The molecule has 6 bridgehead atoms. The number of phenolic OH excluding ortho intramolecular Hbond substituents is 1. The van der Waals surface area contributed by atoms with Crippen molar-refractivity contribution in [3.8, 4) is 62.1 Å². The summed E-state index contributed by atoms with van der Waals surface area (Å²) in [6.45, 7) is 28.0. The summed E-state index contributed by atoms with van der Waals surface area (Å²) in [5.41, 5.74) is 15.3. The fraction of sp³-hybridized carbons (Fsp3) is 0.584. The molecule has 31 heteroatoms. The van der Waals surface area contributed by atoms with Gasteiger partial charge in [-0.05, 0) is 185 Å². The quantitative estimate of drug-likeness (QED) is 0.0164. The molecule has 792 valence electrons. The van der Waals surface area contributed by atoms with E-state index in [1.165, 1.54) is 19.3 Å². The molecule has 3 heterocycles. The standard InChI is InChI=1S/C44H60N4O7.C34H47N3O6.C32H45N3O7S.3CH4/c1-26-35-21-30(44(35,3)4)22-36(26)46-43(52)39-38(27(2)50)37(25-49)55-48(39)23-29-16-12-17-32(40(29)53-7)33-18-13-19-34(41(33)54-8)42(51)45-31(24-47(5)6)20-28-14-10-9-11-15-28;1-7-27(39)24-13-9-11-22(31(24)40)23-12-8-10-20(32(23)42-6)17-37-30(29(19(3)38)28(16-35)43-37)33(41)36-26-15-21-14-25(18(26)2)34(21,4)5;1-18-25-14-22(32(25,3)4)15-26(18)33-31(38)29-28(19(2)37)27(17-36)42-35(29)16-21-10-8-12-24(30(21)41-5)20-9-7-11-23(13-20)34-43(6,39)40;;;/h9-19,26-27,30-31,35-39,49-50H,20-25H2,1-8H3,(H,45,51)(H,46,52);8-13,18-19,21,25-26,28-30,38,40H,7,14-17,35H2,1-6H3,(H,36,41);7-13,18-19,22,25-29,34,36-37H,14-17H2,1-6H3,(H,33,38);3*1H4/t26-,27-,30+,31+,35-,36-,37-,38-,39-;18-,19-,21+,25-,26-,28-,29-,30-;18-,19-,22+,25-,26-,27-,28-,29-;;;/m000.../s1. The summed E-state index contributed by atoms with van der Waals surface area (Å²) in [4.78, 5) is 89.5. The fourth-order valence-electron chi connectivity index (χ4n) is 25.6. The van der Waals surface area contributed by atoms with Crippen LogP contribution < -0.4 is 50.7 Å². The van der Waals surface area contributed by atoms with Gasteiger partial charge in [0.05, 0.1) is 103 Å². The third kappa shape index (κ3) is 23.5. The van der Waals surface area contributed by atoms with E-state index in [1.807, 2.05) is 105 Å². The number of ketones is 1. The summed E-state index contributed by atoms with van der Waals surface area (Å²) in [7, 11) is 6.77. The first-order chi connectivity index (χ1) is 67.0. The number of benzene rings is 7. The van der Waals surface area contributed by atoms with Crippen LogP contribution in [0.1, 0.15) is 200 Å². The van der Waals surface area contributed by atoms with Gasteiger partial charge in [0.15, 0.2) is 5.78 Å². The number of nitrogens with one attached hydrogen (secondary N) is 5. The van der Waals surface area contributed by atoms with Gasteiger partial charge >= 0.3 is 0 Å². The molecule has 19 rings (SSSR count). The van der Waals surface area contributed by atoms with Crippen LogP contribution in [0.4, 0.5) is 5.69 Å². The van der Waals surface area contributed by atoms with Crippen molar-refractivity contribution in [2.24, 2.45) is 93.0 Å². The number of anilines is 1. The molecule has 4 amide bonds. The third-order valence-corrected chi connectivity index (χ3v) is 34.2. The lowest BCUT2D eigenvalue weighted by molar-refractivity contribution is -0.183. The van der Waals surface area contributed by atoms with Crippen molar-refractivity contribution in [1.29, 1.82) is 0 Å². The van der Waals surface area contributed by atoms with Crippen LogP contribution in [0.25, 0.3) is 33.4 Å². The number of aliphatic hydroxyl groups is 5. The maximum Gasteiger partial charge on any atom is 0.255 e. The molecule has 9 saturated carbocycles. The average molecular weight is 2010 g/mol. The molecule has 0 unspecified atom stereocenters. The van der Waals surface area contributed by atoms with Gasteiger partial charge in [-0.15, -0.1) is 0 Å². The number of phenols is 1. The summed E-state index contributed by atoms with van der Waals surface area (Å²) >= 11 is 0. The van der Waals surface area contributed by atoms with Crippen molar-refractivity contribution in [3.63, 3.8) is 0 Å². The monoisotopic (exact) mass is 2010 g/mol. The van der Waals surface area contributed by atoms with Crippen molar-refractivity contribution in [2.45, 2.75) is 262 Å². The molecule has 25 atom stereocenters. The average Bonchev–Trinajstić information content (AvgIpc) is 0.826. The van der Waals surface area contributed by atoms with E-state index >= 15 is 0 Å². The molecule has 9 aliphatic carbocycles. The Balaban J connectivity index is 0.000000206. The van der Waals surface area contributed by atoms with Crippen LogP contribution >= 0.6 is 0 Å². The molecule has 12 aliphatic rings. The number of nitrogens with zero attached hydrogens (tertiary/aromatic N) is 4. The zero-order chi connectivity index (χ0) is 102. The topological polar surface area (TPSA) is 405 Å². The van der Waals surface area contributed by atoms with E-state index in [0.29, 0.717) is 128 Å². The van der Waals surface area contributed by atoms with Crippen molar-refractivity contribution >= 4 is 45.1 Å². The Morgan fingerprint density at radius 3 is 1.22 bits per heavy atom. The van der Waals surface area contributed by atoms with Crippen LogP contribution in [0.15, 0.2) is 146 Å². The maximum absolute atomic E-state index is 14.3. The number of rotatable bonds is 35. The van der Waals surface area contributed by atoms with E-state index in [1.54, 1.807) is 114 Å². The molecule has 30 nitrogen and oxygen atoms in total. The van der Waals surface area contributed by atoms with Crippen LogP contribution in [0.3, 0.4) is 0 Å². The predicted molar refractivity (Wildman–Crippen MR) is 561 cm³/mol. The second-order valence-electron chi connectivity index (χ2n) is 43.2. The number of amides is 4. The minimum absolute atomic E-state index is 0. The smallest absolute Gasteiger partial charge is 0.255 e. The van der Waals surface area contributed by atoms with Crippen LogP contribution in [0.5, 0.6) is 28.7 Å². The summed E-state index contributed by atoms with van der Waals surface area (Å²) < 4.78 is 49.8. The number of hydrogen-bond donors (Lipinski definition) is 12. The summed E-state index contributed by atoms with van der Waals surface area (Å²) in [6, 6.07) is 42.1. The van der Waals surface area contributed by atoms with Crippen molar-refractivity contribution < 1.29 is 96.5 Å². The highest BCUT2D eigenvalue weighted by Crippen LogP contribution is 2.64. The van der Waals surface area contributed by atoms with Crippen molar-refractivity contribution in [2.75, 3.05) is 79.8 Å². The normalized spacial score (nSPS) is 28.5. The van der Waals surface area contributed by atoms with Gasteiger partial charge in [0.1, 0.15) is 59.1 Å². The highest BCUT2D eigenvalue weighted by Gasteiger charge is 2.62. The van der Waals surface area contributed by atoms with Gasteiger partial charge in [0.25, 0.3) is 5.91 Å². The van der Waals surface area contributed by atoms with Gasteiger partial charge in [-0.3, -0.25) is 43.2 Å². The van der Waals surface area contributed by atoms with Crippen LogP contribution in [0.2, 0.25) is 0 Å². The number of ether oxygens (including phenoxy) is 4. The van der Waals surface area contributed by atoms with E-state index < -0.39 is 82.5 Å². The van der Waals surface area contributed by atoms with E-state index in [2.05, 4.69) is 105 Å². The zero-order valence-electron chi connectivity index (χ0n) is 85.6. The SMILES string of the molecule is C.C.C.CCC(=O)c1cccc(-c2cccc(CN3O[C@@H](CN)[C@H]([C@H](C)O)[C@H]3C(=O)N[C@H]3C[C@H]4C[C@@H]([C@@H]3C)C4(C)C)c2OC)c1O.COc1c(CN2O[C@@H](CO)[C@H]([C@H](C)O)[C@H]2C(=O)N[C@H]2C[C@H]3C[C@@H]([C@@H]2C)C3(C)C)cccc1-c1cccc(C(=O)N[C@H](Cc2ccccc2)CN(C)C)c1OC.COc1c(CN2O[C@@H](CO)[C@H]([C@H](C)O)[C@H]2C(=O)N[C@H]2C[C@H]3C[C@@H]([C@@H]2C)C3(C)C)cccc1-c1cccc(NS(C)(=O)=O)c1. The molecule has 0 aromatic heterocycles. The predicted octanol–water partition coefficient (Wildman–Crippen LogP) is 14.5. The Bertz CT molecular complexity index is 5690. The Morgan fingerprint density at radius 1 is 0.493 bits per heavy atom. The Labute approximate surface area is 854 Å². The summed E-state index contributed by atoms with van der Waals surface area (Å²) in [5.74, 6) is 3.50. The van der Waals surface area contributed by atoms with Crippen LogP contribution in [0, 0.1) is 87.3 Å². The number of methoxy groups -OCH3 is 4. The summed E-state index contributed by atoms with van der Waals surface area (Å²) in [5, 5.41) is 82.1. The van der Waals surface area contributed by atoms with Crippen molar-refractivity contribution in [1.82, 2.24) is 41.4 Å². The first-order valence-corrected chi connectivity index (χ1v) is 52.1. The van der Waals surface area contributed by atoms with Gasteiger partial charge < -0.3 is 81.5 Å². The molecular formula is C113H164N10O20S. The molecule has 7 aromatic carbocycles. The Hall–Kier alpha value is -9.68. The molecular weight excluding hydrogens is 1850 g/mol. The number of fused-ring (bicyclic) bond motifs is 6. The number of nitrogens with two attached hydrogens (primary N) is 1. The number of Topliss-reactive ketones (excluding diaryl/α,β-unsaturated/α-hetero) is 1. The zero-order valence-corrected chi connectivity index (χ0v) is 86.4. The lowest BCUT2D eigenvalue weighted by Crippen LogP contribution is -2.62. The lowest BCUT2D eigenvalue weighted by Gasteiger charge is -2.62. The Morgan fingerprint density at radius 2 is 0.854 bits per heavy atom. The van der Waals surface area contributed by atoms with Gasteiger partial charge in [0.2, 0.25) is 27.7 Å². The number of aliphatic hydroxyl groups excluding tert-OH is 5. The molecule has 0 radical (unpaired) electrons. The van der Waals surface area contributed by atoms with Crippen LogP contribution in [-0.4, -0.2) is 243 Å². The maximum atomic E-state index is 14.3. The molecule has 7 aromatic rings. The minimum atomic E-state index is -3.45. The second kappa shape index (κ2) is 47.7. The number of carbonyl (C=O) groups excluding carboxylic acids is 5. The fourth-order valence-corrected chi connectivity index (χ4v) is 26.1. The lowest BCUT2D eigenvalue weighted by atomic mass is 9.45. The number of hydroxylamine groups is 6. The van der Waals surface area contributed by atoms with E-state index in [9.17, 15) is 63.0 Å². The Kier molecular flexibility index (Phi) is 37.9. The largest absolute Gasteiger partial charge is 0.507 e. The molecule has 12 fully saturated rings. The highest BCUT2D eigenvalue weighted by atomic mass is 32.2. The third-order valence-electron chi connectivity index (χ3n) is 33.5. The van der Waals surface area contributed by atoms with Crippen molar-refractivity contribution in [3.05, 3.63) is 179 Å². The number of sulfonamides is 1. The number of carbonyl (C=O) groups is 5. The first kappa shape index (κ1) is 115. The van der Waals surface area contributed by atoms with E-state index in [4.69, 9.17) is 39.2 Å². The number of aromatic hydroxyl groups is 1. The molecule has 13 N–H and O–H groups in total. The first-order valence-electron chi connectivity index (χ1n) is 50.2. The van der Waals surface area contributed by atoms with E-state index in [0.717, 1.165) is 58.9 Å². The summed E-state index contributed by atoms with van der Waals surface area (Å²) in [6.07, 6.45) is 3.76. The molecule has 3 saturated heterocycles. The van der Waals surface area contributed by atoms with E-state index in [-0.39, 0.29) is 144 Å². The molecule has 3 aliphatic heterocycles.